The zero-order chi connectivity index (χ0) is 17.7. The molecule has 1 amide bonds. The normalized spacial score (nSPS) is 12.5. The molecule has 2 aromatic rings. The summed E-state index contributed by atoms with van der Waals surface area (Å²) in [6.07, 6.45) is -6.06. The summed E-state index contributed by atoms with van der Waals surface area (Å²) in [5.74, 6) is -0.212. The number of alkyl halides is 3. The average molecular weight is 339 g/mol. The number of hydrogen-bond acceptors (Lipinski definition) is 3. The summed E-state index contributed by atoms with van der Waals surface area (Å²) in [7, 11) is 1.40. The lowest BCUT2D eigenvalue weighted by Gasteiger charge is -2.18. The monoisotopic (exact) mass is 339 g/mol. The molecule has 2 aromatic carbocycles. The molecule has 2 N–H and O–H groups in total. The van der Waals surface area contributed by atoms with E-state index < -0.39 is 23.8 Å². The van der Waals surface area contributed by atoms with Gasteiger partial charge in [0.15, 0.2) is 0 Å². The lowest BCUT2D eigenvalue weighted by atomic mass is 10.0. The van der Waals surface area contributed by atoms with Crippen molar-refractivity contribution in [1.29, 1.82) is 0 Å². The van der Waals surface area contributed by atoms with E-state index in [0.29, 0.717) is 5.75 Å². The Hall–Kier alpha value is -2.54. The summed E-state index contributed by atoms with van der Waals surface area (Å²) in [6, 6.07) is 11.1. The van der Waals surface area contributed by atoms with E-state index in [1.165, 1.54) is 31.4 Å². The van der Waals surface area contributed by atoms with Crippen molar-refractivity contribution in [1.82, 2.24) is 5.32 Å². The molecular weight excluding hydrogens is 323 g/mol. The summed E-state index contributed by atoms with van der Waals surface area (Å²) in [4.78, 5) is 12.1. The molecule has 0 aliphatic carbocycles. The molecule has 1 atom stereocenters. The van der Waals surface area contributed by atoms with Crippen LogP contribution in [0.2, 0.25) is 0 Å². The van der Waals surface area contributed by atoms with Crippen LogP contribution in [0.15, 0.2) is 48.5 Å². The van der Waals surface area contributed by atoms with E-state index in [9.17, 15) is 23.1 Å². The van der Waals surface area contributed by atoms with Gasteiger partial charge in [-0.3, -0.25) is 4.79 Å². The maximum Gasteiger partial charge on any atom is 0.416 e. The molecule has 24 heavy (non-hydrogen) atoms. The second-order valence-electron chi connectivity index (χ2n) is 5.01. The lowest BCUT2D eigenvalue weighted by Crippen LogP contribution is -2.29. The maximum atomic E-state index is 13.0. The Labute approximate surface area is 136 Å². The zero-order valence-electron chi connectivity index (χ0n) is 12.8. The molecule has 0 aliphatic heterocycles. The van der Waals surface area contributed by atoms with Crippen LogP contribution in [-0.2, 0) is 6.18 Å². The number of ether oxygens (including phenoxy) is 1. The number of amides is 1. The Balaban J connectivity index is 2.11. The van der Waals surface area contributed by atoms with Gasteiger partial charge in [-0.05, 0) is 23.8 Å². The van der Waals surface area contributed by atoms with Crippen molar-refractivity contribution in [2.75, 3.05) is 13.7 Å². The molecule has 0 saturated carbocycles. The third-order valence-corrected chi connectivity index (χ3v) is 3.43. The average Bonchev–Trinajstić information content (AvgIpc) is 2.58. The van der Waals surface area contributed by atoms with Gasteiger partial charge in [-0.15, -0.1) is 0 Å². The SMILES string of the molecule is COc1ccccc1C(=O)NC[C@H](O)c1ccccc1C(F)(F)F. The van der Waals surface area contributed by atoms with Crippen molar-refractivity contribution >= 4 is 5.91 Å². The predicted molar refractivity (Wildman–Crippen MR) is 81.7 cm³/mol. The maximum absolute atomic E-state index is 13.0. The number of aliphatic hydroxyl groups is 1. The number of para-hydroxylation sites is 1. The molecule has 0 aromatic heterocycles. The van der Waals surface area contributed by atoms with Gasteiger partial charge in [-0.2, -0.15) is 13.2 Å². The van der Waals surface area contributed by atoms with Crippen LogP contribution in [0.5, 0.6) is 5.75 Å². The second-order valence-corrected chi connectivity index (χ2v) is 5.01. The summed E-state index contributed by atoms with van der Waals surface area (Å²) < 4.78 is 43.9. The number of hydrogen-bond donors (Lipinski definition) is 2. The summed E-state index contributed by atoms with van der Waals surface area (Å²) in [5.41, 5.74) is -0.981. The quantitative estimate of drug-likeness (QED) is 0.880. The summed E-state index contributed by atoms with van der Waals surface area (Å²) >= 11 is 0. The first-order chi connectivity index (χ1) is 11.3. The number of rotatable bonds is 5. The highest BCUT2D eigenvalue weighted by Gasteiger charge is 2.34. The lowest BCUT2D eigenvalue weighted by molar-refractivity contribution is -0.139. The van der Waals surface area contributed by atoms with Crippen molar-refractivity contribution in [3.05, 3.63) is 65.2 Å². The van der Waals surface area contributed by atoms with Crippen LogP contribution in [0.1, 0.15) is 27.6 Å². The van der Waals surface area contributed by atoms with Crippen molar-refractivity contribution < 1.29 is 27.8 Å². The molecule has 0 saturated heterocycles. The van der Waals surface area contributed by atoms with Crippen LogP contribution in [-0.4, -0.2) is 24.7 Å². The Kier molecular flexibility index (Phi) is 5.46. The predicted octanol–water partition coefficient (Wildman–Crippen LogP) is 3.18. The molecule has 0 heterocycles. The Bertz CT molecular complexity index is 716. The third-order valence-electron chi connectivity index (χ3n) is 3.43. The molecule has 7 heteroatoms. The highest BCUT2D eigenvalue weighted by Crippen LogP contribution is 2.34. The first-order valence-corrected chi connectivity index (χ1v) is 7.10. The van der Waals surface area contributed by atoms with Crippen molar-refractivity contribution in [3.63, 3.8) is 0 Å². The van der Waals surface area contributed by atoms with E-state index in [4.69, 9.17) is 4.74 Å². The topological polar surface area (TPSA) is 58.6 Å². The van der Waals surface area contributed by atoms with Gasteiger partial charge < -0.3 is 15.2 Å². The highest BCUT2D eigenvalue weighted by atomic mass is 19.4. The van der Waals surface area contributed by atoms with Crippen LogP contribution in [0, 0.1) is 0 Å². The standard InChI is InChI=1S/C17H16F3NO3/c1-24-15-9-5-3-7-12(15)16(23)21-10-14(22)11-6-2-4-8-13(11)17(18,19)20/h2-9,14,22H,10H2,1H3,(H,21,23)/t14-/m0/s1. The number of benzene rings is 2. The number of methoxy groups -OCH3 is 1. The minimum atomic E-state index is -4.58. The fraction of sp³-hybridized carbons (Fsp3) is 0.235. The van der Waals surface area contributed by atoms with Gasteiger partial charge in [0, 0.05) is 6.54 Å². The van der Waals surface area contributed by atoms with Gasteiger partial charge in [-0.25, -0.2) is 0 Å². The van der Waals surface area contributed by atoms with E-state index in [0.717, 1.165) is 6.07 Å². The van der Waals surface area contributed by atoms with Gasteiger partial charge in [-0.1, -0.05) is 30.3 Å². The second kappa shape index (κ2) is 7.35. The third kappa shape index (κ3) is 4.05. The number of halogens is 3. The summed E-state index contributed by atoms with van der Waals surface area (Å²) in [5, 5.41) is 12.5. The first-order valence-electron chi connectivity index (χ1n) is 7.10. The molecule has 4 nitrogen and oxygen atoms in total. The molecular formula is C17H16F3NO3. The molecule has 128 valence electrons. The Morgan fingerprint density at radius 3 is 2.46 bits per heavy atom. The van der Waals surface area contributed by atoms with Gasteiger partial charge in [0.05, 0.1) is 24.3 Å². The smallest absolute Gasteiger partial charge is 0.416 e. The van der Waals surface area contributed by atoms with Crippen LogP contribution in [0.25, 0.3) is 0 Å². The molecule has 2 rings (SSSR count). The number of carbonyl (C=O) groups is 1. The van der Waals surface area contributed by atoms with Crippen LogP contribution < -0.4 is 10.1 Å². The van der Waals surface area contributed by atoms with E-state index >= 15 is 0 Å². The minimum absolute atomic E-state index is 0.233. The number of nitrogens with one attached hydrogen (secondary N) is 1. The largest absolute Gasteiger partial charge is 0.496 e. The van der Waals surface area contributed by atoms with Gasteiger partial charge in [0.2, 0.25) is 0 Å². The zero-order valence-corrected chi connectivity index (χ0v) is 12.8. The van der Waals surface area contributed by atoms with Gasteiger partial charge >= 0.3 is 6.18 Å². The Morgan fingerprint density at radius 1 is 1.17 bits per heavy atom. The highest BCUT2D eigenvalue weighted by molar-refractivity contribution is 5.96. The minimum Gasteiger partial charge on any atom is -0.496 e. The molecule has 0 fully saturated rings. The van der Waals surface area contributed by atoms with Crippen LogP contribution in [0.4, 0.5) is 13.2 Å². The van der Waals surface area contributed by atoms with E-state index in [1.807, 2.05) is 0 Å². The van der Waals surface area contributed by atoms with Crippen LogP contribution >= 0.6 is 0 Å². The number of carbonyl (C=O) groups excluding carboxylic acids is 1. The molecule has 0 spiro atoms. The molecule has 0 radical (unpaired) electrons. The first kappa shape index (κ1) is 17.8. The van der Waals surface area contributed by atoms with Crippen LogP contribution in [0.3, 0.4) is 0 Å². The van der Waals surface area contributed by atoms with Crippen molar-refractivity contribution in [2.24, 2.45) is 0 Å². The van der Waals surface area contributed by atoms with Gasteiger partial charge in [0.1, 0.15) is 5.75 Å². The molecule has 0 aliphatic rings. The van der Waals surface area contributed by atoms with E-state index in [-0.39, 0.29) is 17.7 Å². The molecule has 0 bridgehead atoms. The van der Waals surface area contributed by atoms with E-state index in [2.05, 4.69) is 5.32 Å². The summed E-state index contributed by atoms with van der Waals surface area (Å²) in [6.45, 7) is -0.357. The number of aliphatic hydroxyl groups excluding tert-OH is 1. The van der Waals surface area contributed by atoms with E-state index in [1.54, 1.807) is 18.2 Å². The van der Waals surface area contributed by atoms with Gasteiger partial charge in [0.25, 0.3) is 5.91 Å². The Morgan fingerprint density at radius 2 is 1.79 bits per heavy atom. The van der Waals surface area contributed by atoms with Crippen molar-refractivity contribution in [2.45, 2.75) is 12.3 Å². The fourth-order valence-corrected chi connectivity index (χ4v) is 2.27. The molecule has 0 unspecified atom stereocenters. The van der Waals surface area contributed by atoms with Crippen molar-refractivity contribution in [3.8, 4) is 5.75 Å². The fourth-order valence-electron chi connectivity index (χ4n) is 2.27.